The number of methoxy groups -OCH3 is 1. The van der Waals surface area contributed by atoms with Crippen LogP contribution in [0.3, 0.4) is 0 Å². The number of aromatic amines is 1. The molecule has 3 heterocycles. The molecule has 3 aromatic rings. The molecule has 0 saturated heterocycles. The molecule has 8 nitrogen and oxygen atoms in total. The maximum absolute atomic E-state index is 13.9. The van der Waals surface area contributed by atoms with E-state index in [1.807, 2.05) is 30.4 Å². The number of hydrogen-bond acceptors (Lipinski definition) is 6. The van der Waals surface area contributed by atoms with Gasteiger partial charge >= 0.3 is 0 Å². The number of benzene rings is 1. The van der Waals surface area contributed by atoms with Gasteiger partial charge in [-0.05, 0) is 67.4 Å². The average molecular weight is 582 g/mol. The lowest BCUT2D eigenvalue weighted by Crippen LogP contribution is -2.36. The minimum absolute atomic E-state index is 0.00762. The number of Topliss-reactive ketones (excluding diaryl/α,β-unsaturated/α-hetero) is 1. The monoisotopic (exact) mass is 581 g/mol. The van der Waals surface area contributed by atoms with Gasteiger partial charge in [-0.1, -0.05) is 37.1 Å². The third-order valence-corrected chi connectivity index (χ3v) is 9.73. The number of nitrogens with one attached hydrogen (secondary N) is 3. The number of amides is 1. The van der Waals surface area contributed by atoms with E-state index < -0.39 is 5.92 Å². The molecule has 1 spiro atoms. The molecule has 1 atom stereocenters. The van der Waals surface area contributed by atoms with Crippen LogP contribution >= 0.6 is 0 Å². The number of halogens is 1. The van der Waals surface area contributed by atoms with E-state index in [4.69, 9.17) is 4.74 Å². The highest BCUT2D eigenvalue weighted by Gasteiger charge is 2.47. The fraction of sp³-hybridized carbons (Fsp3) is 0.412. The number of ether oxygens (including phenoxy) is 1. The Balaban J connectivity index is 1.21. The number of pyridine rings is 1. The normalized spacial score (nSPS) is 21.5. The zero-order valence-corrected chi connectivity index (χ0v) is 24.3. The first-order valence-corrected chi connectivity index (χ1v) is 15.2. The fourth-order valence-corrected chi connectivity index (χ4v) is 7.24. The molecule has 7 rings (SSSR count). The number of H-pyrrole nitrogens is 1. The second-order valence-corrected chi connectivity index (χ2v) is 12.8. The van der Waals surface area contributed by atoms with Crippen LogP contribution in [0.2, 0.25) is 0 Å². The summed E-state index contributed by atoms with van der Waals surface area (Å²) >= 11 is 0. The fourth-order valence-electron chi connectivity index (χ4n) is 7.24. The molecule has 1 amide bonds. The van der Waals surface area contributed by atoms with E-state index >= 15 is 0 Å². The number of aromatic nitrogens is 3. The molecule has 2 aromatic heterocycles. The van der Waals surface area contributed by atoms with Gasteiger partial charge in [0.25, 0.3) is 5.91 Å². The van der Waals surface area contributed by atoms with E-state index in [0.29, 0.717) is 47.9 Å². The summed E-state index contributed by atoms with van der Waals surface area (Å²) in [4.78, 5) is 32.0. The molecule has 0 bridgehead atoms. The maximum atomic E-state index is 13.9. The van der Waals surface area contributed by atoms with E-state index in [1.54, 1.807) is 19.4 Å². The third-order valence-electron chi connectivity index (χ3n) is 9.73. The molecule has 2 saturated carbocycles. The number of hydrogen-bond donors (Lipinski definition) is 3. The quantitative estimate of drug-likeness (QED) is 0.294. The zero-order valence-electron chi connectivity index (χ0n) is 24.3. The van der Waals surface area contributed by atoms with Crippen LogP contribution in [0.25, 0.3) is 17.2 Å². The van der Waals surface area contributed by atoms with Gasteiger partial charge in [0.2, 0.25) is 0 Å². The van der Waals surface area contributed by atoms with Crippen molar-refractivity contribution in [2.75, 3.05) is 25.6 Å². The van der Waals surface area contributed by atoms with Crippen molar-refractivity contribution < 1.29 is 18.7 Å². The van der Waals surface area contributed by atoms with Gasteiger partial charge in [-0.3, -0.25) is 19.7 Å². The Morgan fingerprint density at radius 2 is 1.98 bits per heavy atom. The predicted molar refractivity (Wildman–Crippen MR) is 162 cm³/mol. The van der Waals surface area contributed by atoms with Crippen molar-refractivity contribution >= 4 is 23.6 Å². The number of ketones is 1. The van der Waals surface area contributed by atoms with E-state index in [2.05, 4.69) is 25.8 Å². The number of carbonyl (C=O) groups is 2. The number of rotatable bonds is 8. The molecular formula is C34H36FN5O3. The van der Waals surface area contributed by atoms with Gasteiger partial charge in [0.1, 0.15) is 11.6 Å². The van der Waals surface area contributed by atoms with Crippen LogP contribution in [0.4, 0.5) is 10.2 Å². The number of nitrogens with zero attached hydrogens (tertiary/aromatic N) is 2. The Morgan fingerprint density at radius 3 is 2.70 bits per heavy atom. The van der Waals surface area contributed by atoms with Crippen LogP contribution in [0.15, 0.2) is 59.9 Å². The molecule has 9 heteroatoms. The van der Waals surface area contributed by atoms with Gasteiger partial charge in [-0.25, -0.2) is 4.39 Å². The summed E-state index contributed by atoms with van der Waals surface area (Å²) in [6, 6.07) is 10.2. The summed E-state index contributed by atoms with van der Waals surface area (Å²) in [5.74, 6) is -0.216. The van der Waals surface area contributed by atoms with Gasteiger partial charge in [0.15, 0.2) is 11.5 Å². The van der Waals surface area contributed by atoms with Crippen LogP contribution < -0.4 is 10.6 Å². The van der Waals surface area contributed by atoms with Crippen LogP contribution in [0.5, 0.6) is 0 Å². The molecule has 1 aliphatic heterocycles. The van der Waals surface area contributed by atoms with Crippen molar-refractivity contribution in [1.82, 2.24) is 20.5 Å². The van der Waals surface area contributed by atoms with Crippen molar-refractivity contribution in [2.45, 2.75) is 57.3 Å². The second kappa shape index (κ2) is 10.9. The smallest absolute Gasteiger partial charge is 0.272 e. The summed E-state index contributed by atoms with van der Waals surface area (Å²) in [6.07, 6.45) is 13.4. The zero-order chi connectivity index (χ0) is 29.6. The van der Waals surface area contributed by atoms with Crippen molar-refractivity contribution in [1.29, 1.82) is 0 Å². The Morgan fingerprint density at radius 1 is 1.14 bits per heavy atom. The third kappa shape index (κ3) is 5.31. The first-order chi connectivity index (χ1) is 20.9. The minimum Gasteiger partial charge on any atom is -0.384 e. The van der Waals surface area contributed by atoms with Crippen LogP contribution in [0.1, 0.15) is 79.0 Å². The average Bonchev–Trinajstić information content (AvgIpc) is 3.40. The van der Waals surface area contributed by atoms with Gasteiger partial charge in [0.05, 0.1) is 12.3 Å². The number of anilines is 1. The predicted octanol–water partition coefficient (Wildman–Crippen LogP) is 6.17. The van der Waals surface area contributed by atoms with E-state index in [9.17, 15) is 14.0 Å². The number of carbonyl (C=O) groups excluding carboxylic acids is 2. The Hall–Kier alpha value is -4.11. The molecule has 43 heavy (non-hydrogen) atoms. The summed E-state index contributed by atoms with van der Waals surface area (Å²) < 4.78 is 19.1. The summed E-state index contributed by atoms with van der Waals surface area (Å²) in [7, 11) is 1.68. The largest absolute Gasteiger partial charge is 0.384 e. The number of fused-ring (bicyclic) bond motifs is 1. The molecule has 3 N–H and O–H groups in total. The lowest BCUT2D eigenvalue weighted by atomic mass is 9.67. The molecule has 0 radical (unpaired) electrons. The van der Waals surface area contributed by atoms with Crippen molar-refractivity contribution in [3.8, 4) is 11.1 Å². The Labute approximate surface area is 250 Å². The first kappa shape index (κ1) is 27.7. The Bertz CT molecular complexity index is 1630. The lowest BCUT2D eigenvalue weighted by molar-refractivity contribution is -0.118. The SMILES string of the molecule is COCC1(CNC(=O)c2n[nH]c3c2C(/C=C/c2ccc(-c4cccc(F)c4)cn2)C2=C(CC4(CCCC4)CC2=O)N3)CC1. The van der Waals surface area contributed by atoms with E-state index in [1.165, 1.54) is 12.1 Å². The molecule has 3 aliphatic carbocycles. The highest BCUT2D eigenvalue weighted by Crippen LogP contribution is 2.54. The van der Waals surface area contributed by atoms with Crippen molar-refractivity contribution in [2.24, 2.45) is 10.8 Å². The van der Waals surface area contributed by atoms with E-state index in [-0.39, 0.29) is 28.3 Å². The van der Waals surface area contributed by atoms with Gasteiger partial charge in [0, 0.05) is 60.0 Å². The molecule has 1 aromatic carbocycles. The molecule has 2 fully saturated rings. The summed E-state index contributed by atoms with van der Waals surface area (Å²) in [6.45, 7) is 1.13. The van der Waals surface area contributed by atoms with Gasteiger partial charge < -0.3 is 15.4 Å². The van der Waals surface area contributed by atoms with Crippen LogP contribution in [0, 0.1) is 16.6 Å². The Kier molecular flexibility index (Phi) is 7.00. The van der Waals surface area contributed by atoms with Gasteiger partial charge in [-0.15, -0.1) is 0 Å². The van der Waals surface area contributed by atoms with Crippen molar-refractivity contribution in [3.63, 3.8) is 0 Å². The molecule has 4 aliphatic rings. The van der Waals surface area contributed by atoms with Gasteiger partial charge in [-0.2, -0.15) is 5.10 Å². The first-order valence-electron chi connectivity index (χ1n) is 15.2. The molecule has 1 unspecified atom stereocenters. The van der Waals surface area contributed by atoms with Crippen LogP contribution in [-0.2, 0) is 9.53 Å². The van der Waals surface area contributed by atoms with E-state index in [0.717, 1.165) is 61.8 Å². The van der Waals surface area contributed by atoms with Crippen molar-refractivity contribution in [3.05, 3.63) is 82.7 Å². The summed E-state index contributed by atoms with van der Waals surface area (Å²) in [5, 5.41) is 14.1. The highest BCUT2D eigenvalue weighted by atomic mass is 19.1. The topological polar surface area (TPSA) is 109 Å². The standard InChI is InChI=1S/C34H36FN5O3/c1-43-20-34(13-14-34)19-37-32(42)30-29-25(10-9-24-8-7-22(18-36-24)21-5-4-6-23(35)15-21)28-26(38-31(29)40-39-30)16-33(17-27(28)41)11-2-3-12-33/h4-10,15,18,25H,2-3,11-14,16-17,19-20H2,1H3,(H,37,42)(H2,38,39,40)/b10-9+. The minimum atomic E-state index is -0.449. The maximum Gasteiger partial charge on any atom is 0.272 e. The number of allylic oxidation sites excluding steroid dienone is 3. The second-order valence-electron chi connectivity index (χ2n) is 12.8. The highest BCUT2D eigenvalue weighted by molar-refractivity contribution is 6.03. The summed E-state index contributed by atoms with van der Waals surface area (Å²) in [5.41, 5.74) is 4.88. The molecular weight excluding hydrogens is 545 g/mol. The van der Waals surface area contributed by atoms with Crippen LogP contribution in [-0.4, -0.2) is 47.1 Å². The lowest BCUT2D eigenvalue weighted by Gasteiger charge is -2.39. The molecule has 222 valence electrons.